The molecule has 1 aromatic carbocycles. The van der Waals surface area contributed by atoms with E-state index in [0.29, 0.717) is 6.54 Å². The van der Waals surface area contributed by atoms with Crippen LogP contribution in [0.3, 0.4) is 0 Å². The van der Waals surface area contributed by atoms with Gasteiger partial charge in [-0.15, -0.1) is 0 Å². The van der Waals surface area contributed by atoms with Crippen LogP contribution in [0, 0.1) is 11.6 Å². The minimum atomic E-state index is -0.771. The van der Waals surface area contributed by atoms with E-state index in [1.807, 2.05) is 0 Å². The van der Waals surface area contributed by atoms with E-state index in [0.717, 1.165) is 17.0 Å². The number of hydrogen-bond donors (Lipinski definition) is 1. The molecule has 4 nitrogen and oxygen atoms in total. The van der Waals surface area contributed by atoms with E-state index in [1.165, 1.54) is 6.07 Å². The number of rotatable bonds is 3. The van der Waals surface area contributed by atoms with Gasteiger partial charge in [0.05, 0.1) is 12.2 Å². The summed E-state index contributed by atoms with van der Waals surface area (Å²) in [5, 5.41) is 2.87. The molecule has 17 heavy (non-hydrogen) atoms. The van der Waals surface area contributed by atoms with Crippen LogP contribution in [0.5, 0.6) is 0 Å². The molecule has 0 radical (unpaired) electrons. The van der Waals surface area contributed by atoms with Gasteiger partial charge < -0.3 is 10.1 Å². The molecule has 1 aliphatic rings. The second-order valence-corrected chi connectivity index (χ2v) is 3.77. The van der Waals surface area contributed by atoms with Gasteiger partial charge in [-0.25, -0.2) is 13.6 Å². The zero-order chi connectivity index (χ0) is 12.4. The van der Waals surface area contributed by atoms with Crippen LogP contribution in [0.4, 0.5) is 19.3 Å². The highest BCUT2D eigenvalue weighted by molar-refractivity contribution is 5.89. The molecular formula is C11H12F2N2O2. The maximum atomic E-state index is 13.5. The van der Waals surface area contributed by atoms with Crippen molar-refractivity contribution in [2.24, 2.45) is 0 Å². The fourth-order valence-electron chi connectivity index (χ4n) is 1.75. The van der Waals surface area contributed by atoms with Gasteiger partial charge in [-0.1, -0.05) is 0 Å². The van der Waals surface area contributed by atoms with Crippen molar-refractivity contribution in [2.75, 3.05) is 25.0 Å². The Bertz CT molecular complexity index is 439. The molecule has 1 amide bonds. The second-order valence-electron chi connectivity index (χ2n) is 3.77. The molecule has 1 atom stereocenters. The summed E-state index contributed by atoms with van der Waals surface area (Å²) in [5.74, 6) is -1.45. The third-order valence-corrected chi connectivity index (χ3v) is 2.51. The number of nitrogens with zero attached hydrogens (tertiary/aromatic N) is 1. The fourth-order valence-corrected chi connectivity index (χ4v) is 1.75. The molecule has 92 valence electrons. The van der Waals surface area contributed by atoms with Crippen LogP contribution in [0.2, 0.25) is 0 Å². The number of likely N-dealkylation sites (N-methyl/N-ethyl adjacent to an activating group) is 1. The number of cyclic esters (lactones) is 1. The number of carbonyl (C=O) groups is 1. The lowest BCUT2D eigenvalue weighted by atomic mass is 10.2. The van der Waals surface area contributed by atoms with Gasteiger partial charge in [0, 0.05) is 12.6 Å². The zero-order valence-electron chi connectivity index (χ0n) is 9.24. The molecule has 1 fully saturated rings. The summed E-state index contributed by atoms with van der Waals surface area (Å²) < 4.78 is 31.2. The van der Waals surface area contributed by atoms with Crippen molar-refractivity contribution in [3.8, 4) is 0 Å². The number of hydrogen-bond acceptors (Lipinski definition) is 3. The van der Waals surface area contributed by atoms with Crippen LogP contribution in [0.25, 0.3) is 0 Å². The van der Waals surface area contributed by atoms with Gasteiger partial charge in [-0.05, 0) is 19.2 Å². The normalized spacial score (nSPS) is 19.6. The van der Waals surface area contributed by atoms with E-state index in [4.69, 9.17) is 4.74 Å². The highest BCUT2D eigenvalue weighted by atomic mass is 19.1. The molecule has 1 aromatic rings. The number of halogens is 2. The van der Waals surface area contributed by atoms with E-state index in [9.17, 15) is 13.6 Å². The molecule has 6 heteroatoms. The number of carbonyl (C=O) groups excluding carboxylic acids is 1. The first-order valence-electron chi connectivity index (χ1n) is 5.19. The summed E-state index contributed by atoms with van der Waals surface area (Å²) in [4.78, 5) is 12.7. The average Bonchev–Trinajstić information content (AvgIpc) is 2.60. The fraction of sp³-hybridized carbons (Fsp3) is 0.364. The molecule has 0 saturated carbocycles. The lowest BCUT2D eigenvalue weighted by molar-refractivity contribution is 0.141. The highest BCUT2D eigenvalue weighted by Crippen LogP contribution is 2.24. The molecule has 1 heterocycles. The molecule has 0 spiro atoms. The Morgan fingerprint density at radius 2 is 2.29 bits per heavy atom. The summed E-state index contributed by atoms with van der Waals surface area (Å²) in [5.41, 5.74) is 0.0370. The van der Waals surface area contributed by atoms with Crippen LogP contribution in [0.15, 0.2) is 18.2 Å². The zero-order valence-corrected chi connectivity index (χ0v) is 9.24. The van der Waals surface area contributed by atoms with Crippen molar-refractivity contribution in [3.63, 3.8) is 0 Å². The van der Waals surface area contributed by atoms with Crippen LogP contribution in [0.1, 0.15) is 0 Å². The third kappa shape index (κ3) is 2.36. The Morgan fingerprint density at radius 1 is 1.53 bits per heavy atom. The first-order valence-corrected chi connectivity index (χ1v) is 5.19. The number of anilines is 1. The lowest BCUT2D eigenvalue weighted by Crippen LogP contribution is -2.29. The number of amides is 1. The number of ether oxygens (including phenoxy) is 1. The maximum Gasteiger partial charge on any atom is 0.414 e. The van der Waals surface area contributed by atoms with Gasteiger partial charge >= 0.3 is 6.09 Å². The Morgan fingerprint density at radius 3 is 2.94 bits per heavy atom. The first-order chi connectivity index (χ1) is 8.11. The summed E-state index contributed by atoms with van der Waals surface area (Å²) >= 11 is 0. The molecule has 1 unspecified atom stereocenters. The van der Waals surface area contributed by atoms with Crippen molar-refractivity contribution < 1.29 is 18.3 Å². The Labute approximate surface area is 97.2 Å². The van der Waals surface area contributed by atoms with E-state index in [1.54, 1.807) is 7.05 Å². The molecule has 1 N–H and O–H groups in total. The lowest BCUT2D eigenvalue weighted by Gasteiger charge is -2.13. The van der Waals surface area contributed by atoms with Gasteiger partial charge in [0.25, 0.3) is 0 Å². The van der Waals surface area contributed by atoms with Crippen molar-refractivity contribution in [1.29, 1.82) is 0 Å². The van der Waals surface area contributed by atoms with E-state index < -0.39 is 17.7 Å². The van der Waals surface area contributed by atoms with Crippen LogP contribution >= 0.6 is 0 Å². The number of benzene rings is 1. The molecule has 1 aliphatic heterocycles. The average molecular weight is 242 g/mol. The van der Waals surface area contributed by atoms with Gasteiger partial charge in [0.15, 0.2) is 0 Å². The van der Waals surface area contributed by atoms with Crippen molar-refractivity contribution in [2.45, 2.75) is 6.10 Å². The predicted molar refractivity (Wildman–Crippen MR) is 57.9 cm³/mol. The predicted octanol–water partition coefficient (Wildman–Crippen LogP) is 1.51. The Kier molecular flexibility index (Phi) is 3.23. The summed E-state index contributed by atoms with van der Waals surface area (Å²) in [6.45, 7) is 0.743. The van der Waals surface area contributed by atoms with Gasteiger partial charge in [-0.3, -0.25) is 4.90 Å². The van der Waals surface area contributed by atoms with Gasteiger partial charge in [-0.2, -0.15) is 0 Å². The third-order valence-electron chi connectivity index (χ3n) is 2.51. The van der Waals surface area contributed by atoms with Crippen LogP contribution in [-0.2, 0) is 4.74 Å². The molecular weight excluding hydrogens is 230 g/mol. The minimum absolute atomic E-state index is 0.0370. The van der Waals surface area contributed by atoms with E-state index in [2.05, 4.69) is 5.32 Å². The van der Waals surface area contributed by atoms with Crippen molar-refractivity contribution in [1.82, 2.24) is 5.32 Å². The molecule has 0 bridgehead atoms. The maximum absolute atomic E-state index is 13.5. The molecule has 2 rings (SSSR count). The molecule has 0 aliphatic carbocycles. The largest absolute Gasteiger partial charge is 0.443 e. The molecule has 0 aromatic heterocycles. The smallest absolute Gasteiger partial charge is 0.414 e. The van der Waals surface area contributed by atoms with Gasteiger partial charge in [0.1, 0.15) is 17.7 Å². The van der Waals surface area contributed by atoms with Gasteiger partial charge in [0.2, 0.25) is 0 Å². The molecule has 1 saturated heterocycles. The van der Waals surface area contributed by atoms with Crippen LogP contribution in [-0.4, -0.2) is 32.3 Å². The monoisotopic (exact) mass is 242 g/mol. The summed E-state index contributed by atoms with van der Waals surface area (Å²) in [6.07, 6.45) is -0.937. The Balaban J connectivity index is 2.20. The number of nitrogens with one attached hydrogen (secondary N) is 1. The SMILES string of the molecule is CNCC1CN(c2ccc(F)cc2F)C(=O)O1. The highest BCUT2D eigenvalue weighted by Gasteiger charge is 2.33. The quantitative estimate of drug-likeness (QED) is 0.873. The minimum Gasteiger partial charge on any atom is -0.443 e. The Hall–Kier alpha value is -1.69. The van der Waals surface area contributed by atoms with Crippen molar-refractivity contribution >= 4 is 11.8 Å². The van der Waals surface area contributed by atoms with E-state index in [-0.39, 0.29) is 18.3 Å². The first kappa shape index (κ1) is 11.8. The van der Waals surface area contributed by atoms with E-state index >= 15 is 0 Å². The second kappa shape index (κ2) is 4.67. The summed E-state index contributed by atoms with van der Waals surface area (Å²) in [6, 6.07) is 3.08. The van der Waals surface area contributed by atoms with Crippen molar-refractivity contribution in [3.05, 3.63) is 29.8 Å². The van der Waals surface area contributed by atoms with Crippen LogP contribution < -0.4 is 10.2 Å². The topological polar surface area (TPSA) is 41.6 Å². The summed E-state index contributed by atoms with van der Waals surface area (Å²) in [7, 11) is 1.73. The standard InChI is InChI=1S/C11H12F2N2O2/c1-14-5-8-6-15(11(16)17-8)10-3-2-7(12)4-9(10)13/h2-4,8,14H,5-6H2,1H3.